The summed E-state index contributed by atoms with van der Waals surface area (Å²) >= 11 is 0. The Bertz CT molecular complexity index is 638. The van der Waals surface area contributed by atoms with Gasteiger partial charge in [0.2, 0.25) is 11.8 Å². The summed E-state index contributed by atoms with van der Waals surface area (Å²) in [6, 6.07) is 9.13. The van der Waals surface area contributed by atoms with Crippen LogP contribution in [0.1, 0.15) is 49.8 Å². The highest BCUT2D eigenvalue weighted by Crippen LogP contribution is 2.43. The van der Waals surface area contributed by atoms with E-state index in [1.807, 2.05) is 11.8 Å². The van der Waals surface area contributed by atoms with Crippen molar-refractivity contribution in [3.05, 3.63) is 35.4 Å². The first-order chi connectivity index (χ1) is 11.2. The first-order valence-electron chi connectivity index (χ1n) is 8.86. The monoisotopic (exact) mass is 312 g/mol. The Hall–Kier alpha value is -1.84. The number of likely N-dealkylation sites (tertiary alicyclic amines) is 1. The topological polar surface area (TPSA) is 40.6 Å². The molecule has 1 aliphatic heterocycles. The zero-order valence-corrected chi connectivity index (χ0v) is 13.7. The molecule has 1 aromatic carbocycles. The summed E-state index contributed by atoms with van der Waals surface area (Å²) in [6.45, 7) is 3.29. The molecule has 1 saturated carbocycles. The Morgan fingerprint density at radius 2 is 2.04 bits per heavy atom. The van der Waals surface area contributed by atoms with E-state index in [1.165, 1.54) is 11.1 Å². The Morgan fingerprint density at radius 1 is 1.26 bits per heavy atom. The Labute approximate surface area is 137 Å². The van der Waals surface area contributed by atoms with Crippen LogP contribution in [-0.2, 0) is 16.0 Å². The van der Waals surface area contributed by atoms with Crippen LogP contribution in [0.25, 0.3) is 0 Å². The zero-order chi connectivity index (χ0) is 16.0. The third-order valence-electron chi connectivity index (χ3n) is 5.58. The van der Waals surface area contributed by atoms with Gasteiger partial charge in [-0.15, -0.1) is 0 Å². The molecule has 0 radical (unpaired) electrons. The number of amides is 2. The van der Waals surface area contributed by atoms with Gasteiger partial charge in [0.05, 0.1) is 12.0 Å². The van der Waals surface area contributed by atoms with Crippen molar-refractivity contribution in [3.63, 3.8) is 0 Å². The average molecular weight is 312 g/mol. The molecule has 1 heterocycles. The van der Waals surface area contributed by atoms with Crippen LogP contribution in [0.15, 0.2) is 24.3 Å². The molecular formula is C19H24N2O2. The molecule has 0 bridgehead atoms. The van der Waals surface area contributed by atoms with Crippen LogP contribution in [0, 0.1) is 5.92 Å². The minimum atomic E-state index is -0.143. The first kappa shape index (κ1) is 14.7. The van der Waals surface area contributed by atoms with Gasteiger partial charge in [-0.05, 0) is 43.7 Å². The SMILES string of the molecule is CCN1CC(C(=O)N(C2CC2)C2CCc3ccccc32)CC1=O. The van der Waals surface area contributed by atoms with E-state index >= 15 is 0 Å². The average Bonchev–Trinajstić information content (AvgIpc) is 3.19. The van der Waals surface area contributed by atoms with Crippen molar-refractivity contribution in [2.45, 2.75) is 51.1 Å². The number of rotatable bonds is 4. The number of benzene rings is 1. The van der Waals surface area contributed by atoms with Gasteiger partial charge in [-0.1, -0.05) is 24.3 Å². The molecule has 1 aromatic rings. The van der Waals surface area contributed by atoms with Gasteiger partial charge in [-0.3, -0.25) is 9.59 Å². The van der Waals surface area contributed by atoms with Crippen molar-refractivity contribution < 1.29 is 9.59 Å². The Balaban J connectivity index is 1.58. The van der Waals surface area contributed by atoms with Crippen LogP contribution in [0.3, 0.4) is 0 Å². The van der Waals surface area contributed by atoms with Crippen molar-refractivity contribution in [3.8, 4) is 0 Å². The first-order valence-corrected chi connectivity index (χ1v) is 8.86. The summed E-state index contributed by atoms with van der Waals surface area (Å²) in [5.41, 5.74) is 2.71. The van der Waals surface area contributed by atoms with Crippen molar-refractivity contribution in [2.24, 2.45) is 5.92 Å². The van der Waals surface area contributed by atoms with Gasteiger partial charge in [0.25, 0.3) is 0 Å². The summed E-state index contributed by atoms with van der Waals surface area (Å²) in [5.74, 6) is 0.197. The fourth-order valence-corrected chi connectivity index (χ4v) is 4.22. The molecule has 2 fully saturated rings. The molecule has 4 nitrogen and oxygen atoms in total. The minimum absolute atomic E-state index is 0.133. The van der Waals surface area contributed by atoms with Gasteiger partial charge >= 0.3 is 0 Å². The Morgan fingerprint density at radius 3 is 2.74 bits per heavy atom. The van der Waals surface area contributed by atoms with Gasteiger partial charge in [-0.25, -0.2) is 0 Å². The van der Waals surface area contributed by atoms with Crippen LogP contribution in [0.4, 0.5) is 0 Å². The molecule has 122 valence electrons. The summed E-state index contributed by atoms with van der Waals surface area (Å²) in [5, 5.41) is 0. The van der Waals surface area contributed by atoms with E-state index in [0.717, 1.165) is 25.7 Å². The number of hydrogen-bond donors (Lipinski definition) is 0. The number of carbonyl (C=O) groups excluding carboxylic acids is 2. The van der Waals surface area contributed by atoms with Gasteiger partial charge in [0.15, 0.2) is 0 Å². The van der Waals surface area contributed by atoms with E-state index in [4.69, 9.17) is 0 Å². The summed E-state index contributed by atoms with van der Waals surface area (Å²) < 4.78 is 0. The molecular weight excluding hydrogens is 288 g/mol. The van der Waals surface area contributed by atoms with Crippen molar-refractivity contribution in [1.29, 1.82) is 0 Å². The maximum Gasteiger partial charge on any atom is 0.228 e. The van der Waals surface area contributed by atoms with E-state index in [-0.39, 0.29) is 23.8 Å². The highest BCUT2D eigenvalue weighted by molar-refractivity contribution is 5.89. The van der Waals surface area contributed by atoms with E-state index in [0.29, 0.717) is 25.6 Å². The van der Waals surface area contributed by atoms with Crippen molar-refractivity contribution in [2.75, 3.05) is 13.1 Å². The lowest BCUT2D eigenvalue weighted by atomic mass is 10.0. The van der Waals surface area contributed by atoms with Gasteiger partial charge < -0.3 is 9.80 Å². The predicted molar refractivity (Wildman–Crippen MR) is 87.7 cm³/mol. The summed E-state index contributed by atoms with van der Waals surface area (Å²) in [7, 11) is 0. The number of aryl methyl sites for hydroxylation is 1. The van der Waals surface area contributed by atoms with E-state index in [2.05, 4.69) is 29.2 Å². The molecule has 0 spiro atoms. The normalized spacial score (nSPS) is 26.5. The Kier molecular flexibility index (Phi) is 3.63. The van der Waals surface area contributed by atoms with Crippen LogP contribution >= 0.6 is 0 Å². The number of fused-ring (bicyclic) bond motifs is 1. The molecule has 2 amide bonds. The number of carbonyl (C=O) groups is 2. The van der Waals surface area contributed by atoms with Crippen molar-refractivity contribution in [1.82, 2.24) is 9.80 Å². The fraction of sp³-hybridized carbons (Fsp3) is 0.579. The number of nitrogens with zero attached hydrogens (tertiary/aromatic N) is 2. The second kappa shape index (κ2) is 5.66. The fourth-order valence-electron chi connectivity index (χ4n) is 4.22. The van der Waals surface area contributed by atoms with Gasteiger partial charge in [0.1, 0.15) is 0 Å². The molecule has 4 heteroatoms. The molecule has 23 heavy (non-hydrogen) atoms. The maximum atomic E-state index is 13.2. The third-order valence-corrected chi connectivity index (χ3v) is 5.58. The quantitative estimate of drug-likeness (QED) is 0.857. The molecule has 1 saturated heterocycles. The molecule has 3 aliphatic rings. The highest BCUT2D eigenvalue weighted by Gasteiger charge is 2.44. The largest absolute Gasteiger partial charge is 0.342 e. The summed E-state index contributed by atoms with van der Waals surface area (Å²) in [4.78, 5) is 29.1. The second-order valence-electron chi connectivity index (χ2n) is 7.06. The predicted octanol–water partition coefficient (Wildman–Crippen LogP) is 2.53. The minimum Gasteiger partial charge on any atom is -0.342 e. The second-order valence-corrected chi connectivity index (χ2v) is 7.06. The van der Waals surface area contributed by atoms with Crippen LogP contribution in [0.5, 0.6) is 0 Å². The molecule has 2 unspecified atom stereocenters. The van der Waals surface area contributed by atoms with Crippen LogP contribution in [-0.4, -0.2) is 40.7 Å². The molecule has 2 atom stereocenters. The van der Waals surface area contributed by atoms with E-state index in [1.54, 1.807) is 0 Å². The lowest BCUT2D eigenvalue weighted by molar-refractivity contribution is -0.139. The molecule has 0 N–H and O–H groups in total. The lowest BCUT2D eigenvalue weighted by Crippen LogP contribution is -2.41. The lowest BCUT2D eigenvalue weighted by Gasteiger charge is -2.32. The van der Waals surface area contributed by atoms with E-state index in [9.17, 15) is 9.59 Å². The van der Waals surface area contributed by atoms with E-state index < -0.39 is 0 Å². The van der Waals surface area contributed by atoms with Gasteiger partial charge in [-0.2, -0.15) is 0 Å². The molecule has 0 aromatic heterocycles. The van der Waals surface area contributed by atoms with Crippen LogP contribution in [0.2, 0.25) is 0 Å². The maximum absolute atomic E-state index is 13.2. The van der Waals surface area contributed by atoms with Crippen molar-refractivity contribution >= 4 is 11.8 Å². The smallest absolute Gasteiger partial charge is 0.228 e. The zero-order valence-electron chi connectivity index (χ0n) is 13.7. The molecule has 2 aliphatic carbocycles. The summed E-state index contributed by atoms with van der Waals surface area (Å²) in [6.07, 6.45) is 4.71. The van der Waals surface area contributed by atoms with Gasteiger partial charge in [0, 0.05) is 25.6 Å². The standard InChI is InChI=1S/C19H24N2O2/c1-2-20-12-14(11-18(20)22)19(23)21(15-8-9-15)17-10-7-13-5-3-4-6-16(13)17/h3-6,14-15,17H,2,7-12H2,1H3. The highest BCUT2D eigenvalue weighted by atomic mass is 16.2. The third kappa shape index (κ3) is 2.54. The number of hydrogen-bond acceptors (Lipinski definition) is 2. The molecule has 4 rings (SSSR count). The van der Waals surface area contributed by atoms with Crippen LogP contribution < -0.4 is 0 Å².